The first kappa shape index (κ1) is 10.7. The molecule has 0 spiro atoms. The Balaban J connectivity index is 2.19. The SMILES string of the molecule is CCC1CC1n1c(=S)[nH]c2c(OC)ncnc21. The summed E-state index contributed by atoms with van der Waals surface area (Å²) in [5.74, 6) is 1.27. The van der Waals surface area contributed by atoms with Gasteiger partial charge < -0.3 is 9.72 Å². The molecule has 2 atom stereocenters. The van der Waals surface area contributed by atoms with Gasteiger partial charge in [0.1, 0.15) is 11.8 Å². The Morgan fingerprint density at radius 1 is 1.59 bits per heavy atom. The maximum Gasteiger partial charge on any atom is 0.242 e. The molecule has 1 fully saturated rings. The maximum absolute atomic E-state index is 5.36. The van der Waals surface area contributed by atoms with Gasteiger partial charge in [0, 0.05) is 6.04 Å². The minimum atomic E-state index is 0.487. The van der Waals surface area contributed by atoms with Crippen molar-refractivity contribution in [3.8, 4) is 5.88 Å². The number of imidazole rings is 1. The van der Waals surface area contributed by atoms with Gasteiger partial charge in [-0.1, -0.05) is 13.3 Å². The van der Waals surface area contributed by atoms with Gasteiger partial charge in [-0.05, 0) is 24.6 Å². The number of H-pyrrole nitrogens is 1. The van der Waals surface area contributed by atoms with Gasteiger partial charge in [0.2, 0.25) is 5.88 Å². The number of hydrogen-bond donors (Lipinski definition) is 1. The van der Waals surface area contributed by atoms with E-state index in [0.29, 0.717) is 16.7 Å². The normalized spacial score (nSPS) is 22.9. The van der Waals surface area contributed by atoms with Gasteiger partial charge in [-0.25, -0.2) is 4.98 Å². The van der Waals surface area contributed by atoms with E-state index in [9.17, 15) is 0 Å². The number of methoxy groups -OCH3 is 1. The summed E-state index contributed by atoms with van der Waals surface area (Å²) >= 11 is 5.36. The molecule has 0 aromatic carbocycles. The van der Waals surface area contributed by atoms with E-state index in [-0.39, 0.29) is 0 Å². The molecular weight excluding hydrogens is 236 g/mol. The number of hydrogen-bond acceptors (Lipinski definition) is 4. The summed E-state index contributed by atoms with van der Waals surface area (Å²) in [6.07, 6.45) is 3.88. The van der Waals surface area contributed by atoms with E-state index >= 15 is 0 Å². The number of nitrogens with one attached hydrogen (secondary N) is 1. The second-order valence-electron chi connectivity index (χ2n) is 4.35. The van der Waals surface area contributed by atoms with Gasteiger partial charge in [-0.3, -0.25) is 4.57 Å². The van der Waals surface area contributed by atoms with Crippen LogP contribution in [0.5, 0.6) is 5.88 Å². The van der Waals surface area contributed by atoms with Crippen molar-refractivity contribution in [2.75, 3.05) is 7.11 Å². The fourth-order valence-corrected chi connectivity index (χ4v) is 2.69. The van der Waals surface area contributed by atoms with E-state index in [1.807, 2.05) is 0 Å². The Morgan fingerprint density at radius 3 is 3.06 bits per heavy atom. The lowest BCUT2D eigenvalue weighted by Gasteiger charge is -2.02. The molecule has 1 saturated carbocycles. The van der Waals surface area contributed by atoms with E-state index in [2.05, 4.69) is 26.4 Å². The van der Waals surface area contributed by atoms with Crippen molar-refractivity contribution in [3.05, 3.63) is 11.1 Å². The van der Waals surface area contributed by atoms with Crippen molar-refractivity contribution in [2.24, 2.45) is 5.92 Å². The highest BCUT2D eigenvalue weighted by Gasteiger charge is 2.38. The quantitative estimate of drug-likeness (QED) is 0.850. The predicted octanol–water partition coefficient (Wildman–Crippen LogP) is 2.47. The van der Waals surface area contributed by atoms with Gasteiger partial charge in [-0.15, -0.1) is 0 Å². The molecule has 2 aromatic rings. The first-order valence-corrected chi connectivity index (χ1v) is 6.16. The van der Waals surface area contributed by atoms with Crippen LogP contribution < -0.4 is 4.74 Å². The van der Waals surface area contributed by atoms with E-state index in [4.69, 9.17) is 17.0 Å². The van der Waals surface area contributed by atoms with Crippen LogP contribution in [0.4, 0.5) is 0 Å². The van der Waals surface area contributed by atoms with Gasteiger partial charge in [0.15, 0.2) is 10.4 Å². The second kappa shape index (κ2) is 3.80. The largest absolute Gasteiger partial charge is 0.479 e. The molecule has 0 bridgehead atoms. The molecule has 6 heteroatoms. The summed E-state index contributed by atoms with van der Waals surface area (Å²) < 4.78 is 8.02. The van der Waals surface area contributed by atoms with E-state index in [1.165, 1.54) is 19.2 Å². The highest BCUT2D eigenvalue weighted by Crippen LogP contribution is 2.47. The average molecular weight is 250 g/mol. The molecule has 0 amide bonds. The minimum absolute atomic E-state index is 0.487. The molecule has 5 nitrogen and oxygen atoms in total. The van der Waals surface area contributed by atoms with Crippen LogP contribution in [0.1, 0.15) is 25.8 Å². The van der Waals surface area contributed by atoms with Crippen LogP contribution in [-0.4, -0.2) is 26.6 Å². The van der Waals surface area contributed by atoms with Crippen LogP contribution in [0.25, 0.3) is 11.2 Å². The number of rotatable bonds is 3. The maximum atomic E-state index is 5.36. The molecule has 0 aliphatic heterocycles. The summed E-state index contributed by atoms with van der Waals surface area (Å²) in [5.41, 5.74) is 1.64. The van der Waals surface area contributed by atoms with Crippen molar-refractivity contribution in [2.45, 2.75) is 25.8 Å². The Bertz CT molecular complexity index is 617. The summed E-state index contributed by atoms with van der Waals surface area (Å²) in [7, 11) is 1.60. The van der Waals surface area contributed by atoms with Crippen LogP contribution >= 0.6 is 12.2 Å². The molecule has 3 rings (SSSR count). The highest BCUT2D eigenvalue weighted by atomic mass is 32.1. The van der Waals surface area contributed by atoms with Crippen LogP contribution in [-0.2, 0) is 0 Å². The third-order valence-electron chi connectivity index (χ3n) is 3.41. The van der Waals surface area contributed by atoms with E-state index in [0.717, 1.165) is 17.1 Å². The highest BCUT2D eigenvalue weighted by molar-refractivity contribution is 7.71. The zero-order valence-corrected chi connectivity index (χ0v) is 10.6. The zero-order chi connectivity index (χ0) is 12.0. The van der Waals surface area contributed by atoms with Crippen molar-refractivity contribution < 1.29 is 4.74 Å². The molecule has 0 saturated heterocycles. The van der Waals surface area contributed by atoms with E-state index in [1.54, 1.807) is 7.11 Å². The Kier molecular flexibility index (Phi) is 2.39. The summed E-state index contributed by atoms with van der Waals surface area (Å²) in [5, 5.41) is 0. The first-order valence-electron chi connectivity index (χ1n) is 5.75. The van der Waals surface area contributed by atoms with Crippen LogP contribution in [0.2, 0.25) is 0 Å². The molecule has 2 aromatic heterocycles. The van der Waals surface area contributed by atoms with Gasteiger partial charge in [0.25, 0.3) is 0 Å². The smallest absolute Gasteiger partial charge is 0.242 e. The Hall–Kier alpha value is -1.43. The van der Waals surface area contributed by atoms with Crippen molar-refractivity contribution in [1.82, 2.24) is 19.5 Å². The number of nitrogens with zero attached hydrogens (tertiary/aromatic N) is 3. The second-order valence-corrected chi connectivity index (χ2v) is 4.74. The van der Waals surface area contributed by atoms with Crippen molar-refractivity contribution >= 4 is 23.4 Å². The lowest BCUT2D eigenvalue weighted by atomic mass is 10.3. The molecule has 1 aliphatic rings. The number of aromatic amines is 1. The number of ether oxygens (including phenoxy) is 1. The minimum Gasteiger partial charge on any atom is -0.479 e. The van der Waals surface area contributed by atoms with Crippen molar-refractivity contribution in [1.29, 1.82) is 0 Å². The first-order chi connectivity index (χ1) is 8.26. The molecule has 90 valence electrons. The molecule has 17 heavy (non-hydrogen) atoms. The van der Waals surface area contributed by atoms with Crippen LogP contribution in [0.3, 0.4) is 0 Å². The summed E-state index contributed by atoms with van der Waals surface area (Å²) in [4.78, 5) is 11.5. The Labute approximate surface area is 104 Å². The predicted molar refractivity (Wildman–Crippen MR) is 66.7 cm³/mol. The topological polar surface area (TPSA) is 55.7 Å². The van der Waals surface area contributed by atoms with Crippen LogP contribution in [0, 0.1) is 10.7 Å². The standard InChI is InChI=1S/C11H14N4OS/c1-3-6-4-7(6)15-9-8(14-11(15)17)10(16-2)13-5-12-9/h5-7H,3-4H2,1-2H3,(H,14,17). The van der Waals surface area contributed by atoms with Gasteiger partial charge >= 0.3 is 0 Å². The zero-order valence-electron chi connectivity index (χ0n) is 9.80. The number of fused-ring (bicyclic) bond motifs is 1. The van der Waals surface area contributed by atoms with Crippen LogP contribution in [0.15, 0.2) is 6.33 Å². The Morgan fingerprint density at radius 2 is 2.41 bits per heavy atom. The third kappa shape index (κ3) is 1.55. The third-order valence-corrected chi connectivity index (χ3v) is 3.70. The summed E-state index contributed by atoms with van der Waals surface area (Å²) in [6.45, 7) is 2.21. The van der Waals surface area contributed by atoms with Crippen molar-refractivity contribution in [3.63, 3.8) is 0 Å². The molecule has 2 unspecified atom stereocenters. The average Bonchev–Trinajstić information content (AvgIpc) is 3.03. The number of aromatic nitrogens is 4. The monoisotopic (exact) mass is 250 g/mol. The van der Waals surface area contributed by atoms with Gasteiger partial charge in [0.05, 0.1) is 7.11 Å². The lowest BCUT2D eigenvalue weighted by molar-refractivity contribution is 0.401. The van der Waals surface area contributed by atoms with Gasteiger partial charge in [-0.2, -0.15) is 4.98 Å². The molecule has 0 radical (unpaired) electrons. The lowest BCUT2D eigenvalue weighted by Crippen LogP contribution is -1.98. The molecular formula is C11H14N4OS. The fourth-order valence-electron chi connectivity index (χ4n) is 2.37. The fraction of sp³-hybridized carbons (Fsp3) is 0.545. The molecule has 1 aliphatic carbocycles. The van der Waals surface area contributed by atoms with E-state index < -0.39 is 0 Å². The summed E-state index contributed by atoms with van der Waals surface area (Å²) in [6, 6.07) is 0.487. The molecule has 1 N–H and O–H groups in total. The molecule has 2 heterocycles.